The molecule has 3 heterocycles. The number of aliphatic carboxylic acids is 1. The Bertz CT molecular complexity index is 1410. The summed E-state index contributed by atoms with van der Waals surface area (Å²) in [6.45, 7) is 0.439. The third kappa shape index (κ3) is 4.02. The zero-order chi connectivity index (χ0) is 24.2. The molecule has 2 aromatic carbocycles. The summed E-state index contributed by atoms with van der Waals surface area (Å²) in [6, 6.07) is 8.27. The Morgan fingerprint density at radius 2 is 2.09 bits per heavy atom. The molecule has 34 heavy (non-hydrogen) atoms. The van der Waals surface area contributed by atoms with E-state index in [9.17, 15) is 27.5 Å². The van der Waals surface area contributed by atoms with Crippen LogP contribution in [0.4, 0.5) is 23.6 Å². The minimum Gasteiger partial charge on any atom is -0.481 e. The highest BCUT2D eigenvalue weighted by Gasteiger charge is 2.33. The molecular weight excluding hydrogens is 458 g/mol. The van der Waals surface area contributed by atoms with Crippen molar-refractivity contribution in [2.24, 2.45) is 0 Å². The molecule has 0 radical (unpaired) electrons. The third-order valence-corrected chi connectivity index (χ3v) is 6.12. The first kappa shape index (κ1) is 22.1. The summed E-state index contributed by atoms with van der Waals surface area (Å²) in [6.07, 6.45) is -4.02. The van der Waals surface area contributed by atoms with Crippen LogP contribution in [0, 0.1) is 5.82 Å². The van der Waals surface area contributed by atoms with E-state index in [1.165, 1.54) is 36.4 Å². The minimum atomic E-state index is -4.85. The number of fused-ring (bicyclic) bond motifs is 4. The molecule has 1 unspecified atom stereocenters. The van der Waals surface area contributed by atoms with Gasteiger partial charge in [-0.2, -0.15) is 4.98 Å². The summed E-state index contributed by atoms with van der Waals surface area (Å²) >= 11 is 0. The summed E-state index contributed by atoms with van der Waals surface area (Å²) in [4.78, 5) is 17.7. The first-order valence-corrected chi connectivity index (χ1v) is 10.5. The summed E-state index contributed by atoms with van der Waals surface area (Å²) < 4.78 is 63.4. The van der Waals surface area contributed by atoms with E-state index in [4.69, 9.17) is 4.42 Å². The van der Waals surface area contributed by atoms with Crippen LogP contribution in [0.25, 0.3) is 22.0 Å². The largest absolute Gasteiger partial charge is 0.573 e. The highest BCUT2D eigenvalue weighted by Crippen LogP contribution is 2.36. The number of rotatable bonds is 5. The fraction of sp³-hybridized carbons (Fsp3) is 0.304. The number of nitrogens with zero attached hydrogens (tertiary/aromatic N) is 3. The van der Waals surface area contributed by atoms with Crippen molar-refractivity contribution in [3.05, 3.63) is 53.5 Å². The molecule has 7 nitrogen and oxygen atoms in total. The lowest BCUT2D eigenvalue weighted by molar-refractivity contribution is -0.274. The van der Waals surface area contributed by atoms with Gasteiger partial charge < -0.3 is 23.7 Å². The Labute approximate surface area is 190 Å². The molecule has 0 saturated heterocycles. The second-order valence-corrected chi connectivity index (χ2v) is 8.25. The Morgan fingerprint density at radius 3 is 2.82 bits per heavy atom. The maximum Gasteiger partial charge on any atom is 0.573 e. The number of hydrogen-bond acceptors (Lipinski definition) is 5. The monoisotopic (exact) mass is 477 g/mol. The van der Waals surface area contributed by atoms with Gasteiger partial charge in [0.05, 0.1) is 12.5 Å². The van der Waals surface area contributed by atoms with E-state index in [0.717, 1.165) is 5.69 Å². The van der Waals surface area contributed by atoms with Gasteiger partial charge in [0.25, 0.3) is 6.01 Å². The zero-order valence-corrected chi connectivity index (χ0v) is 17.9. The fourth-order valence-electron chi connectivity index (χ4n) is 4.61. The number of halogens is 4. The number of anilines is 1. The second kappa shape index (κ2) is 7.93. The summed E-state index contributed by atoms with van der Waals surface area (Å²) in [5.41, 5.74) is 2.72. The third-order valence-electron chi connectivity index (χ3n) is 6.12. The number of oxazole rings is 1. The topological polar surface area (TPSA) is 80.7 Å². The van der Waals surface area contributed by atoms with Gasteiger partial charge in [0.1, 0.15) is 17.1 Å². The molecule has 1 atom stereocenters. The highest BCUT2D eigenvalue weighted by molar-refractivity contribution is 5.90. The molecule has 5 rings (SSSR count). The number of ether oxygens (including phenoxy) is 1. The maximum atomic E-state index is 13.5. The molecule has 0 fully saturated rings. The van der Waals surface area contributed by atoms with Crippen LogP contribution in [-0.2, 0) is 24.2 Å². The summed E-state index contributed by atoms with van der Waals surface area (Å²) in [7, 11) is 1.80. The van der Waals surface area contributed by atoms with Crippen LogP contribution in [0.5, 0.6) is 5.75 Å². The van der Waals surface area contributed by atoms with Crippen molar-refractivity contribution in [3.8, 4) is 5.75 Å². The molecule has 1 aliphatic heterocycles. The van der Waals surface area contributed by atoms with E-state index in [-0.39, 0.29) is 12.5 Å². The van der Waals surface area contributed by atoms with Gasteiger partial charge in [0.15, 0.2) is 5.58 Å². The van der Waals surface area contributed by atoms with Gasteiger partial charge in [0.2, 0.25) is 0 Å². The fourth-order valence-corrected chi connectivity index (χ4v) is 4.61. The first-order chi connectivity index (χ1) is 16.1. The predicted octanol–water partition coefficient (Wildman–Crippen LogP) is 4.90. The lowest BCUT2D eigenvalue weighted by Gasteiger charge is -2.32. The number of carbonyl (C=O) groups is 1. The SMILES string of the molecule is CN(c1nc2cc(F)ccc2o1)C1CCc2c(CC(=O)O)c3cc(OC(F)(F)F)ccc3n2C1. The van der Waals surface area contributed by atoms with E-state index < -0.39 is 23.9 Å². The van der Waals surface area contributed by atoms with Gasteiger partial charge in [-0.05, 0) is 48.7 Å². The molecule has 1 N–H and O–H groups in total. The van der Waals surface area contributed by atoms with Crippen molar-refractivity contribution in [2.45, 2.75) is 38.2 Å². The van der Waals surface area contributed by atoms with E-state index in [1.807, 2.05) is 9.47 Å². The smallest absolute Gasteiger partial charge is 0.481 e. The molecule has 1 aliphatic rings. The van der Waals surface area contributed by atoms with Gasteiger partial charge in [-0.3, -0.25) is 4.79 Å². The highest BCUT2D eigenvalue weighted by atomic mass is 19.4. The number of carboxylic acid groups (broad SMARTS) is 1. The van der Waals surface area contributed by atoms with Crippen molar-refractivity contribution >= 4 is 34.0 Å². The summed E-state index contributed by atoms with van der Waals surface area (Å²) in [5, 5.41) is 9.82. The van der Waals surface area contributed by atoms with Crippen LogP contribution in [0.3, 0.4) is 0 Å². The normalized spacial score (nSPS) is 16.1. The van der Waals surface area contributed by atoms with Crippen molar-refractivity contribution in [2.75, 3.05) is 11.9 Å². The van der Waals surface area contributed by atoms with E-state index in [0.29, 0.717) is 53.0 Å². The van der Waals surface area contributed by atoms with Crippen molar-refractivity contribution in [1.29, 1.82) is 0 Å². The molecule has 11 heteroatoms. The van der Waals surface area contributed by atoms with Crippen LogP contribution < -0.4 is 9.64 Å². The van der Waals surface area contributed by atoms with Crippen LogP contribution in [0.1, 0.15) is 17.7 Å². The molecule has 178 valence electrons. The molecule has 0 spiro atoms. The zero-order valence-electron chi connectivity index (χ0n) is 17.9. The van der Waals surface area contributed by atoms with Gasteiger partial charge >= 0.3 is 12.3 Å². The predicted molar refractivity (Wildman–Crippen MR) is 114 cm³/mol. The minimum absolute atomic E-state index is 0.0928. The van der Waals surface area contributed by atoms with Gasteiger partial charge in [-0.15, -0.1) is 13.2 Å². The lowest BCUT2D eigenvalue weighted by Crippen LogP contribution is -2.39. The van der Waals surface area contributed by atoms with Crippen LogP contribution in [0.15, 0.2) is 40.8 Å². The van der Waals surface area contributed by atoms with Gasteiger partial charge in [-0.25, -0.2) is 4.39 Å². The van der Waals surface area contributed by atoms with Crippen LogP contribution in [0.2, 0.25) is 0 Å². The molecule has 0 bridgehead atoms. The van der Waals surface area contributed by atoms with Gasteiger partial charge in [0, 0.05) is 36.3 Å². The Morgan fingerprint density at radius 1 is 1.29 bits per heavy atom. The molecule has 0 aliphatic carbocycles. The van der Waals surface area contributed by atoms with E-state index in [1.54, 1.807) is 7.05 Å². The van der Waals surface area contributed by atoms with Crippen LogP contribution in [-0.4, -0.2) is 40.1 Å². The van der Waals surface area contributed by atoms with E-state index in [2.05, 4.69) is 9.72 Å². The van der Waals surface area contributed by atoms with Crippen molar-refractivity contribution in [1.82, 2.24) is 9.55 Å². The molecular formula is C23H19F4N3O4. The maximum absolute atomic E-state index is 13.5. The lowest BCUT2D eigenvalue weighted by atomic mass is 9.99. The first-order valence-electron chi connectivity index (χ1n) is 10.5. The number of benzene rings is 2. The van der Waals surface area contributed by atoms with Gasteiger partial charge in [-0.1, -0.05) is 0 Å². The molecule has 2 aromatic heterocycles. The molecule has 4 aromatic rings. The summed E-state index contributed by atoms with van der Waals surface area (Å²) in [5.74, 6) is -1.90. The Hall–Kier alpha value is -3.76. The number of aromatic nitrogens is 2. The number of hydrogen-bond donors (Lipinski definition) is 1. The number of alkyl halides is 3. The van der Waals surface area contributed by atoms with Crippen LogP contribution >= 0.6 is 0 Å². The van der Waals surface area contributed by atoms with Crippen molar-refractivity contribution < 1.29 is 36.6 Å². The number of carboxylic acids is 1. The average molecular weight is 477 g/mol. The number of likely N-dealkylation sites (N-methyl/N-ethyl adjacent to an activating group) is 1. The van der Waals surface area contributed by atoms with E-state index >= 15 is 0 Å². The van der Waals surface area contributed by atoms with Crippen molar-refractivity contribution in [3.63, 3.8) is 0 Å². The molecule has 0 saturated carbocycles. The molecule has 0 amide bonds. The standard InChI is InChI=1S/C23H19F4N3O4/c1-29(22-28-17-8-12(24)2-7-20(17)33-22)13-3-5-18-16(10-21(31)32)15-9-14(34-23(25,26)27)4-6-19(15)30(18)11-13/h2,4,6-9,13H,3,5,10-11H2,1H3,(H,31,32). The second-order valence-electron chi connectivity index (χ2n) is 8.25. The Kier molecular flexibility index (Phi) is 5.14. The quantitative estimate of drug-likeness (QED) is 0.412. The average Bonchev–Trinajstić information content (AvgIpc) is 3.30. The Balaban J connectivity index is 1.51.